The molecule has 1 aromatic heterocycles. The van der Waals surface area contributed by atoms with Crippen LogP contribution in [0.5, 0.6) is 5.88 Å². The van der Waals surface area contributed by atoms with Gasteiger partial charge in [0.25, 0.3) is 5.91 Å². The zero-order valence-electron chi connectivity index (χ0n) is 12.3. The van der Waals surface area contributed by atoms with E-state index < -0.39 is 0 Å². The number of aromatic nitrogens is 1. The van der Waals surface area contributed by atoms with E-state index in [4.69, 9.17) is 0 Å². The topological polar surface area (TPSA) is 62.6 Å². The summed E-state index contributed by atoms with van der Waals surface area (Å²) >= 11 is 1.30. The van der Waals surface area contributed by atoms with E-state index in [-0.39, 0.29) is 11.8 Å². The fraction of sp³-hybridized carbons (Fsp3) is 0.0556. The Bertz CT molecular complexity index is 1050. The monoisotopic (exact) mass is 320 g/mol. The van der Waals surface area contributed by atoms with Gasteiger partial charge < -0.3 is 5.11 Å². The van der Waals surface area contributed by atoms with Gasteiger partial charge in [0, 0.05) is 10.8 Å². The maximum absolute atomic E-state index is 12.3. The lowest BCUT2D eigenvalue weighted by Crippen LogP contribution is -2.23. The van der Waals surface area contributed by atoms with Crippen LogP contribution >= 0.6 is 11.3 Å². The summed E-state index contributed by atoms with van der Waals surface area (Å²) in [6.07, 6.45) is 0. The lowest BCUT2D eigenvalue weighted by atomic mass is 10.1. The first-order chi connectivity index (χ1) is 11.1. The Morgan fingerprint density at radius 1 is 1.09 bits per heavy atom. The highest BCUT2D eigenvalue weighted by Gasteiger charge is 2.25. The van der Waals surface area contributed by atoms with E-state index in [9.17, 15) is 9.90 Å². The standard InChI is InChI=1S/C18H12N2O2S/c1-10-7-8-13-12(9-10)14(16(21)19-13)15-17(22)20-18(23-15)11-5-3-2-4-6-11/h2-9,22H,1H3. The number of aryl methyl sites for hydroxylation is 1. The third kappa shape index (κ3) is 2.26. The maximum Gasteiger partial charge on any atom is 0.279 e. The van der Waals surface area contributed by atoms with Crippen molar-refractivity contribution < 1.29 is 9.90 Å². The number of hydrogen-bond donors (Lipinski definition) is 1. The molecule has 0 radical (unpaired) electrons. The van der Waals surface area contributed by atoms with Gasteiger partial charge in [-0.15, -0.1) is 11.3 Å². The first-order valence-electron chi connectivity index (χ1n) is 7.13. The predicted octanol–water partition coefficient (Wildman–Crippen LogP) is 2.18. The average molecular weight is 320 g/mol. The summed E-state index contributed by atoms with van der Waals surface area (Å²) in [7, 11) is 0. The fourth-order valence-electron chi connectivity index (χ4n) is 2.63. The molecule has 1 amide bonds. The van der Waals surface area contributed by atoms with Crippen molar-refractivity contribution in [3.8, 4) is 16.5 Å². The van der Waals surface area contributed by atoms with Gasteiger partial charge >= 0.3 is 0 Å². The molecule has 1 N–H and O–H groups in total. The minimum Gasteiger partial charge on any atom is -0.492 e. The number of rotatable bonds is 2. The molecule has 1 aliphatic rings. The van der Waals surface area contributed by atoms with E-state index in [0.717, 1.165) is 16.3 Å². The lowest BCUT2D eigenvalue weighted by Gasteiger charge is -1.96. The molecule has 2 aromatic carbocycles. The molecule has 0 aliphatic carbocycles. The van der Waals surface area contributed by atoms with Crippen LogP contribution in [0.25, 0.3) is 16.1 Å². The number of carbonyl (C=O) groups is 1. The number of amides is 1. The quantitative estimate of drug-likeness (QED) is 0.787. The van der Waals surface area contributed by atoms with Crippen LogP contribution in [0.1, 0.15) is 10.4 Å². The molecule has 23 heavy (non-hydrogen) atoms. The number of aromatic hydroxyl groups is 1. The Balaban J connectivity index is 1.96. The summed E-state index contributed by atoms with van der Waals surface area (Å²) < 4.78 is 0. The molecule has 5 heteroatoms. The zero-order chi connectivity index (χ0) is 16.0. The maximum atomic E-state index is 12.3. The van der Waals surface area contributed by atoms with Crippen LogP contribution in [-0.4, -0.2) is 16.0 Å². The third-order valence-electron chi connectivity index (χ3n) is 3.71. The third-order valence-corrected chi connectivity index (χ3v) is 4.83. The van der Waals surface area contributed by atoms with Gasteiger partial charge in [-0.05, 0) is 19.1 Å². The molecule has 0 spiro atoms. The molecular weight excluding hydrogens is 308 g/mol. The molecule has 0 saturated heterocycles. The van der Waals surface area contributed by atoms with Crippen LogP contribution in [0.3, 0.4) is 0 Å². The molecule has 3 aromatic rings. The highest BCUT2D eigenvalue weighted by atomic mass is 32.1. The van der Waals surface area contributed by atoms with Gasteiger partial charge in [-0.3, -0.25) is 4.79 Å². The SMILES string of the molecule is Cc1ccc2c(c1)=C(c1sc(-c3ccccc3)nc1O)C(=O)N=2. The highest BCUT2D eigenvalue weighted by molar-refractivity contribution is 7.16. The van der Waals surface area contributed by atoms with Crippen molar-refractivity contribution in [2.45, 2.75) is 6.92 Å². The second kappa shape index (κ2) is 5.14. The van der Waals surface area contributed by atoms with Crippen molar-refractivity contribution in [2.75, 3.05) is 0 Å². The number of thiazole rings is 1. The van der Waals surface area contributed by atoms with Gasteiger partial charge in [0.2, 0.25) is 5.88 Å². The van der Waals surface area contributed by atoms with Gasteiger partial charge in [0.1, 0.15) is 9.88 Å². The number of fused-ring (bicyclic) bond motifs is 1. The summed E-state index contributed by atoms with van der Waals surface area (Å²) in [5, 5.41) is 12.3. The molecule has 4 rings (SSSR count). The smallest absolute Gasteiger partial charge is 0.279 e. The molecule has 0 fully saturated rings. The van der Waals surface area contributed by atoms with Gasteiger partial charge in [-0.1, -0.05) is 42.0 Å². The van der Waals surface area contributed by atoms with Crippen LogP contribution in [0.15, 0.2) is 53.5 Å². The first kappa shape index (κ1) is 13.8. The first-order valence-corrected chi connectivity index (χ1v) is 7.95. The minimum atomic E-state index is -0.329. The molecule has 0 saturated carbocycles. The molecule has 112 valence electrons. The van der Waals surface area contributed by atoms with Gasteiger partial charge in [0.05, 0.1) is 10.9 Å². The molecular formula is C18H12N2O2S. The van der Waals surface area contributed by atoms with E-state index in [1.54, 1.807) is 0 Å². The van der Waals surface area contributed by atoms with Crippen molar-refractivity contribution in [3.05, 3.63) is 69.5 Å². The molecule has 0 atom stereocenters. The summed E-state index contributed by atoms with van der Waals surface area (Å²) in [5.41, 5.74) is 2.38. The van der Waals surface area contributed by atoms with Crippen LogP contribution in [0.2, 0.25) is 0 Å². The highest BCUT2D eigenvalue weighted by Crippen LogP contribution is 2.36. The second-order valence-electron chi connectivity index (χ2n) is 5.35. The molecule has 2 heterocycles. The number of nitrogens with zero attached hydrogens (tertiary/aromatic N) is 2. The van der Waals surface area contributed by atoms with Crippen molar-refractivity contribution in [1.82, 2.24) is 4.98 Å². The van der Waals surface area contributed by atoms with Crippen molar-refractivity contribution >= 4 is 22.8 Å². The molecule has 4 nitrogen and oxygen atoms in total. The average Bonchev–Trinajstić information content (AvgIpc) is 3.07. The summed E-state index contributed by atoms with van der Waals surface area (Å²) in [6.45, 7) is 1.96. The van der Waals surface area contributed by atoms with Crippen molar-refractivity contribution in [2.24, 2.45) is 4.99 Å². The minimum absolute atomic E-state index is 0.123. The zero-order valence-corrected chi connectivity index (χ0v) is 13.1. The van der Waals surface area contributed by atoms with Crippen LogP contribution < -0.4 is 10.6 Å². The van der Waals surface area contributed by atoms with Gasteiger partial charge in [-0.25, -0.2) is 9.98 Å². The van der Waals surface area contributed by atoms with Gasteiger partial charge in [0.15, 0.2) is 0 Å². The van der Waals surface area contributed by atoms with Crippen molar-refractivity contribution in [3.63, 3.8) is 0 Å². The Kier molecular flexibility index (Phi) is 3.09. The summed E-state index contributed by atoms with van der Waals surface area (Å²) in [4.78, 5) is 21.1. The largest absolute Gasteiger partial charge is 0.492 e. The molecule has 1 aliphatic heterocycles. The number of benzene rings is 2. The predicted molar refractivity (Wildman–Crippen MR) is 88.7 cm³/mol. The fourth-order valence-corrected chi connectivity index (χ4v) is 3.64. The second-order valence-corrected chi connectivity index (χ2v) is 6.35. The van der Waals surface area contributed by atoms with E-state index in [2.05, 4.69) is 9.98 Å². The van der Waals surface area contributed by atoms with Crippen LogP contribution in [-0.2, 0) is 4.79 Å². The van der Waals surface area contributed by atoms with E-state index in [0.29, 0.717) is 20.8 Å². The molecule has 0 unspecified atom stereocenters. The molecule has 0 bridgehead atoms. The van der Waals surface area contributed by atoms with E-state index >= 15 is 0 Å². The Morgan fingerprint density at radius 3 is 2.65 bits per heavy atom. The Hall–Kier alpha value is -2.79. The number of hydrogen-bond acceptors (Lipinski definition) is 4. The van der Waals surface area contributed by atoms with Crippen LogP contribution in [0, 0.1) is 6.92 Å². The van der Waals surface area contributed by atoms with E-state index in [1.165, 1.54) is 11.3 Å². The normalized spacial score (nSPS) is 13.1. The Labute approximate surface area is 136 Å². The van der Waals surface area contributed by atoms with Gasteiger partial charge in [-0.2, -0.15) is 0 Å². The van der Waals surface area contributed by atoms with E-state index in [1.807, 2.05) is 55.5 Å². The van der Waals surface area contributed by atoms with Crippen LogP contribution in [0.4, 0.5) is 0 Å². The summed E-state index contributed by atoms with van der Waals surface area (Å²) in [5.74, 6) is -0.453. The van der Waals surface area contributed by atoms with Crippen molar-refractivity contribution in [1.29, 1.82) is 0 Å². The summed E-state index contributed by atoms with van der Waals surface area (Å²) in [6, 6.07) is 15.2. The Morgan fingerprint density at radius 2 is 1.87 bits per heavy atom. The lowest BCUT2D eigenvalue weighted by molar-refractivity contribution is -0.112. The number of carbonyl (C=O) groups excluding carboxylic acids is 1.